The topological polar surface area (TPSA) is 79.3 Å². The summed E-state index contributed by atoms with van der Waals surface area (Å²) in [5.41, 5.74) is 0.781. The quantitative estimate of drug-likeness (QED) is 0.721. The van der Waals surface area contributed by atoms with Crippen molar-refractivity contribution in [2.24, 2.45) is 0 Å². The molecule has 2 N–H and O–H groups in total. The Bertz CT molecular complexity index is 391. The van der Waals surface area contributed by atoms with E-state index in [9.17, 15) is 9.59 Å². The van der Waals surface area contributed by atoms with E-state index in [1.165, 1.54) is 0 Å². The van der Waals surface area contributed by atoms with Crippen LogP contribution in [0.5, 0.6) is 0 Å². The highest BCUT2D eigenvalue weighted by atomic mass is 16.4. The first-order valence-electron chi connectivity index (χ1n) is 4.60. The highest BCUT2D eigenvalue weighted by molar-refractivity contribution is 5.89. The fraction of sp³-hybridized carbons (Fsp3) is 0.300. The molecule has 1 aromatic heterocycles. The second-order valence-corrected chi connectivity index (χ2v) is 3.48. The van der Waals surface area contributed by atoms with Gasteiger partial charge in [0.2, 0.25) is 5.91 Å². The Kier molecular flexibility index (Phi) is 2.37. The van der Waals surface area contributed by atoms with Crippen LogP contribution in [-0.2, 0) is 9.59 Å². The summed E-state index contributed by atoms with van der Waals surface area (Å²) in [6.07, 6.45) is 3.42. The number of carbonyl (C=O) groups excluding carboxylic acids is 1. The van der Waals surface area contributed by atoms with Gasteiger partial charge in [-0.05, 0) is 11.6 Å². The van der Waals surface area contributed by atoms with Gasteiger partial charge in [0.25, 0.3) is 0 Å². The lowest BCUT2D eigenvalue weighted by Gasteiger charge is -2.13. The lowest BCUT2D eigenvalue weighted by molar-refractivity contribution is -0.140. The zero-order valence-corrected chi connectivity index (χ0v) is 7.88. The molecule has 1 fully saturated rings. The molecule has 2 atom stereocenters. The number of rotatable bonds is 2. The van der Waals surface area contributed by atoms with Gasteiger partial charge in [-0.1, -0.05) is 6.07 Å². The van der Waals surface area contributed by atoms with Gasteiger partial charge in [0.15, 0.2) is 0 Å². The third-order valence-corrected chi connectivity index (χ3v) is 2.50. The lowest BCUT2D eigenvalue weighted by Crippen LogP contribution is -2.36. The third-order valence-electron chi connectivity index (χ3n) is 2.50. The minimum Gasteiger partial charge on any atom is -0.480 e. The monoisotopic (exact) mass is 206 g/mol. The van der Waals surface area contributed by atoms with Crippen LogP contribution in [0.4, 0.5) is 0 Å². The number of carboxylic acid groups (broad SMARTS) is 1. The molecule has 5 nitrogen and oxygen atoms in total. The zero-order chi connectivity index (χ0) is 10.8. The molecule has 0 spiro atoms. The average molecular weight is 206 g/mol. The molecule has 0 aliphatic carbocycles. The predicted molar refractivity (Wildman–Crippen MR) is 51.2 cm³/mol. The predicted octanol–water partition coefficient (Wildman–Crippen LogP) is 0.138. The molecule has 0 unspecified atom stereocenters. The smallest absolute Gasteiger partial charge is 0.326 e. The van der Waals surface area contributed by atoms with Gasteiger partial charge >= 0.3 is 5.97 Å². The van der Waals surface area contributed by atoms with E-state index in [4.69, 9.17) is 5.11 Å². The number of hydrogen-bond acceptors (Lipinski definition) is 3. The fourth-order valence-electron chi connectivity index (χ4n) is 1.79. The van der Waals surface area contributed by atoms with Crippen molar-refractivity contribution in [1.29, 1.82) is 0 Å². The van der Waals surface area contributed by atoms with Crippen molar-refractivity contribution in [3.8, 4) is 0 Å². The lowest BCUT2D eigenvalue weighted by atomic mass is 9.93. The average Bonchev–Trinajstić information content (AvgIpc) is 2.62. The van der Waals surface area contributed by atoms with E-state index in [2.05, 4.69) is 10.3 Å². The van der Waals surface area contributed by atoms with Crippen molar-refractivity contribution in [2.45, 2.75) is 18.4 Å². The van der Waals surface area contributed by atoms with Crippen LogP contribution in [0.1, 0.15) is 17.9 Å². The Morgan fingerprint density at radius 3 is 3.00 bits per heavy atom. The summed E-state index contributed by atoms with van der Waals surface area (Å²) in [4.78, 5) is 26.0. The first kappa shape index (κ1) is 9.64. The third kappa shape index (κ3) is 1.81. The maximum atomic E-state index is 11.1. The molecule has 0 saturated carbocycles. The van der Waals surface area contributed by atoms with E-state index >= 15 is 0 Å². The molecule has 0 aromatic carbocycles. The molecule has 2 rings (SSSR count). The molecular weight excluding hydrogens is 196 g/mol. The normalized spacial score (nSPS) is 24.9. The van der Waals surface area contributed by atoms with Crippen LogP contribution in [0, 0.1) is 0 Å². The number of carboxylic acids is 1. The van der Waals surface area contributed by atoms with Crippen LogP contribution in [0.3, 0.4) is 0 Å². The maximum Gasteiger partial charge on any atom is 0.326 e. The van der Waals surface area contributed by atoms with Crippen LogP contribution >= 0.6 is 0 Å². The summed E-state index contributed by atoms with van der Waals surface area (Å²) < 4.78 is 0. The Balaban J connectivity index is 2.28. The second kappa shape index (κ2) is 3.68. The minimum absolute atomic E-state index is 0.211. The number of nitrogens with zero attached hydrogens (tertiary/aromatic N) is 1. The molecule has 1 amide bonds. The number of carbonyl (C=O) groups is 2. The van der Waals surface area contributed by atoms with Crippen molar-refractivity contribution < 1.29 is 14.7 Å². The highest BCUT2D eigenvalue weighted by Gasteiger charge is 2.38. The van der Waals surface area contributed by atoms with E-state index in [1.807, 2.05) is 0 Å². The van der Waals surface area contributed by atoms with Gasteiger partial charge in [-0.25, -0.2) is 4.79 Å². The second-order valence-electron chi connectivity index (χ2n) is 3.48. The number of amides is 1. The number of aromatic nitrogens is 1. The van der Waals surface area contributed by atoms with E-state index < -0.39 is 12.0 Å². The molecule has 1 saturated heterocycles. The summed E-state index contributed by atoms with van der Waals surface area (Å²) >= 11 is 0. The van der Waals surface area contributed by atoms with Gasteiger partial charge in [-0.3, -0.25) is 9.78 Å². The maximum absolute atomic E-state index is 11.1. The Morgan fingerprint density at radius 2 is 2.40 bits per heavy atom. The molecule has 5 heteroatoms. The summed E-state index contributed by atoms with van der Waals surface area (Å²) in [5, 5.41) is 11.4. The summed E-state index contributed by atoms with van der Waals surface area (Å²) in [6.45, 7) is 0. The number of pyridine rings is 1. The van der Waals surface area contributed by atoms with E-state index in [0.29, 0.717) is 0 Å². The van der Waals surface area contributed by atoms with Gasteiger partial charge < -0.3 is 10.4 Å². The molecule has 1 aliphatic rings. The van der Waals surface area contributed by atoms with Crippen molar-refractivity contribution in [3.05, 3.63) is 30.1 Å². The van der Waals surface area contributed by atoms with Crippen LogP contribution in [0.25, 0.3) is 0 Å². The number of aliphatic carboxylic acids is 1. The molecule has 1 aliphatic heterocycles. The van der Waals surface area contributed by atoms with Gasteiger partial charge in [-0.2, -0.15) is 0 Å². The van der Waals surface area contributed by atoms with E-state index in [0.717, 1.165) is 5.56 Å². The first-order chi connectivity index (χ1) is 7.18. The molecule has 1 aromatic rings. The highest BCUT2D eigenvalue weighted by Crippen LogP contribution is 2.27. The van der Waals surface area contributed by atoms with Crippen molar-refractivity contribution in [2.75, 3.05) is 0 Å². The Morgan fingerprint density at radius 1 is 1.60 bits per heavy atom. The molecular formula is C10H10N2O3. The van der Waals surface area contributed by atoms with Gasteiger partial charge in [0.05, 0.1) is 0 Å². The van der Waals surface area contributed by atoms with Crippen molar-refractivity contribution >= 4 is 11.9 Å². The number of hydrogen-bond donors (Lipinski definition) is 2. The zero-order valence-electron chi connectivity index (χ0n) is 7.88. The van der Waals surface area contributed by atoms with E-state index in [1.54, 1.807) is 24.5 Å². The standard InChI is InChI=1S/C10H10N2O3/c13-8-4-7(9(12-8)10(14)15)6-2-1-3-11-5-6/h1-3,5,7,9H,4H2,(H,12,13)(H,14,15)/t7-,9+/m0/s1. The van der Waals surface area contributed by atoms with Crippen LogP contribution in [-0.4, -0.2) is 28.0 Å². The van der Waals surface area contributed by atoms with Crippen molar-refractivity contribution in [3.63, 3.8) is 0 Å². The Hall–Kier alpha value is -1.91. The van der Waals surface area contributed by atoms with Gasteiger partial charge in [0.1, 0.15) is 6.04 Å². The van der Waals surface area contributed by atoms with Crippen LogP contribution in [0.2, 0.25) is 0 Å². The van der Waals surface area contributed by atoms with Crippen LogP contribution in [0.15, 0.2) is 24.5 Å². The Labute approximate surface area is 86.1 Å². The first-order valence-corrected chi connectivity index (χ1v) is 4.60. The van der Waals surface area contributed by atoms with Crippen LogP contribution < -0.4 is 5.32 Å². The number of nitrogens with one attached hydrogen (secondary N) is 1. The van der Waals surface area contributed by atoms with Crippen molar-refractivity contribution in [1.82, 2.24) is 10.3 Å². The summed E-state index contributed by atoms with van der Waals surface area (Å²) in [7, 11) is 0. The van der Waals surface area contributed by atoms with E-state index in [-0.39, 0.29) is 18.2 Å². The van der Waals surface area contributed by atoms with Gasteiger partial charge in [-0.15, -0.1) is 0 Å². The summed E-state index contributed by atoms with van der Waals surface area (Å²) in [6, 6.07) is 2.69. The minimum atomic E-state index is -1.00. The molecule has 78 valence electrons. The molecule has 15 heavy (non-hydrogen) atoms. The summed E-state index contributed by atoms with van der Waals surface area (Å²) in [5.74, 6) is -1.55. The van der Waals surface area contributed by atoms with Gasteiger partial charge in [0, 0.05) is 24.7 Å². The molecule has 0 radical (unpaired) electrons. The SMILES string of the molecule is O=C1C[C@@H](c2cccnc2)[C@H](C(=O)O)N1. The molecule has 0 bridgehead atoms. The molecule has 2 heterocycles. The fourth-order valence-corrected chi connectivity index (χ4v) is 1.79. The largest absolute Gasteiger partial charge is 0.480 e.